The van der Waals surface area contributed by atoms with Crippen molar-refractivity contribution in [1.29, 1.82) is 0 Å². The zero-order valence-electron chi connectivity index (χ0n) is 5.11. The first-order valence-electron chi connectivity index (χ1n) is 2.89. The van der Waals surface area contributed by atoms with Crippen molar-refractivity contribution in [3.8, 4) is 0 Å². The normalized spacial score (nSPS) is 13.6. The van der Waals surface area contributed by atoms with Gasteiger partial charge in [0.25, 0.3) is 0 Å². The molecule has 0 N–H and O–H groups in total. The van der Waals surface area contributed by atoms with Gasteiger partial charge in [0.1, 0.15) is 0 Å². The summed E-state index contributed by atoms with van der Waals surface area (Å²) in [5.74, 6) is 0.637. The summed E-state index contributed by atoms with van der Waals surface area (Å²) >= 11 is 0. The van der Waals surface area contributed by atoms with E-state index in [0.717, 1.165) is 13.7 Å². The van der Waals surface area contributed by atoms with E-state index in [1.54, 1.807) is 0 Å². The molecular weight excluding hydrogens is 86.9 g/mol. The molecule has 0 aromatic rings. The molecule has 0 aliphatic heterocycles. The topological polar surface area (TPSA) is 19.9 Å². The summed E-state index contributed by atoms with van der Waals surface area (Å²) in [5.41, 5.74) is 0. The smallest absolute Gasteiger partial charge is 0.160 e. The van der Waals surface area contributed by atoms with Gasteiger partial charge in [0, 0.05) is 0 Å². The van der Waals surface area contributed by atoms with Crippen LogP contribution < -0.4 is 0 Å². The molecule has 1 unspecified atom stereocenters. The first-order chi connectivity index (χ1) is 3.31. The minimum absolute atomic E-state index is 0.0923. The van der Waals surface area contributed by atoms with Gasteiger partial charge in [-0.2, -0.15) is 0 Å². The van der Waals surface area contributed by atoms with Gasteiger partial charge in [-0.1, -0.05) is 26.1 Å². The van der Waals surface area contributed by atoms with Gasteiger partial charge in [-0.3, -0.25) is 0 Å². The summed E-state index contributed by atoms with van der Waals surface area (Å²) in [6, 6.07) is 0. The minimum atomic E-state index is 0.0923. The molecule has 1 atom stereocenters. The number of hydrogen-bond donors (Lipinski definition) is 0. The van der Waals surface area contributed by atoms with E-state index in [1.807, 2.05) is 0 Å². The van der Waals surface area contributed by atoms with Crippen molar-refractivity contribution in [2.24, 2.45) is 0 Å². The third-order valence-corrected chi connectivity index (χ3v) is 1.31. The van der Waals surface area contributed by atoms with Crippen LogP contribution in [0, 0.1) is 0 Å². The zero-order chi connectivity index (χ0) is 5.70. The highest BCUT2D eigenvalue weighted by atomic mass is 16.2. The molecule has 0 aliphatic rings. The van der Waals surface area contributed by atoms with Gasteiger partial charge < -0.3 is 0 Å². The van der Waals surface area contributed by atoms with E-state index in [2.05, 4.69) is 13.8 Å². The van der Waals surface area contributed by atoms with E-state index in [-0.39, 0.29) is 6.51 Å². The molecule has 0 heterocycles. The lowest BCUT2D eigenvalue weighted by Crippen LogP contribution is -2.01. The largest absolute Gasteiger partial charge is 0.246 e. The summed E-state index contributed by atoms with van der Waals surface area (Å²) in [7, 11) is 0.844. The fourth-order valence-electron chi connectivity index (χ4n) is 0.405. The summed E-state index contributed by atoms with van der Waals surface area (Å²) in [4.78, 5) is 0. The van der Waals surface area contributed by atoms with E-state index >= 15 is 0 Å². The van der Waals surface area contributed by atoms with E-state index < -0.39 is 0 Å². The summed E-state index contributed by atoms with van der Waals surface area (Å²) < 4.78 is 0. The van der Waals surface area contributed by atoms with Gasteiger partial charge in [-0.25, -0.2) is 5.11 Å². The summed E-state index contributed by atoms with van der Waals surface area (Å²) in [6.07, 6.45) is 1.14. The van der Waals surface area contributed by atoms with Crippen LogP contribution in [0.15, 0.2) is 0 Å². The van der Waals surface area contributed by atoms with Gasteiger partial charge in [0.15, 0.2) is 7.28 Å². The van der Waals surface area contributed by atoms with Gasteiger partial charge in [-0.05, 0) is 0 Å². The quantitative estimate of drug-likeness (QED) is 0.471. The fraction of sp³-hybridized carbons (Fsp3) is 1.00. The van der Waals surface area contributed by atoms with E-state index in [1.165, 1.54) is 0 Å². The molecule has 0 aromatic carbocycles. The van der Waals surface area contributed by atoms with Crippen molar-refractivity contribution >= 4 is 7.28 Å². The SMILES string of the molecule is CCC(C)BC[O]. The third-order valence-electron chi connectivity index (χ3n) is 1.31. The van der Waals surface area contributed by atoms with Gasteiger partial charge in [0.05, 0.1) is 6.51 Å². The number of rotatable bonds is 3. The van der Waals surface area contributed by atoms with Gasteiger partial charge in [-0.15, -0.1) is 0 Å². The van der Waals surface area contributed by atoms with Crippen LogP contribution in [0.25, 0.3) is 0 Å². The van der Waals surface area contributed by atoms with Crippen molar-refractivity contribution in [3.63, 3.8) is 0 Å². The Morgan fingerprint density at radius 2 is 2.29 bits per heavy atom. The Labute approximate surface area is 46.0 Å². The second-order valence-corrected chi connectivity index (χ2v) is 2.01. The molecule has 41 valence electrons. The zero-order valence-corrected chi connectivity index (χ0v) is 5.11. The molecule has 0 bridgehead atoms. The molecule has 0 aliphatic carbocycles. The van der Waals surface area contributed by atoms with Crippen LogP contribution in [-0.4, -0.2) is 13.8 Å². The summed E-state index contributed by atoms with van der Waals surface area (Å²) in [6.45, 7) is 4.31. The predicted molar refractivity (Wildman–Crippen MR) is 32.4 cm³/mol. The highest BCUT2D eigenvalue weighted by molar-refractivity contribution is 6.36. The number of hydrogen-bond acceptors (Lipinski definition) is 0. The van der Waals surface area contributed by atoms with Crippen LogP contribution in [0.1, 0.15) is 20.3 Å². The Balaban J connectivity index is 2.83. The second-order valence-electron chi connectivity index (χ2n) is 2.01. The molecule has 0 spiro atoms. The lowest BCUT2D eigenvalue weighted by molar-refractivity contribution is 0.251. The van der Waals surface area contributed by atoms with Crippen molar-refractivity contribution < 1.29 is 5.11 Å². The minimum Gasteiger partial charge on any atom is -0.246 e. The molecule has 0 saturated carbocycles. The molecule has 0 amide bonds. The Morgan fingerprint density at radius 3 is 2.43 bits per heavy atom. The van der Waals surface area contributed by atoms with Crippen LogP contribution >= 0.6 is 0 Å². The Bertz CT molecular complexity index is 39.1. The van der Waals surface area contributed by atoms with Gasteiger partial charge in [0.2, 0.25) is 0 Å². The van der Waals surface area contributed by atoms with E-state index in [9.17, 15) is 5.11 Å². The monoisotopic (exact) mass is 99.1 g/mol. The maximum atomic E-state index is 9.90. The molecule has 0 saturated heterocycles. The molecular formula is C5H12BO. The van der Waals surface area contributed by atoms with Crippen LogP contribution in [0.3, 0.4) is 0 Å². The van der Waals surface area contributed by atoms with Crippen LogP contribution in [-0.2, 0) is 5.11 Å². The molecule has 1 radical (unpaired) electrons. The van der Waals surface area contributed by atoms with Crippen molar-refractivity contribution in [3.05, 3.63) is 0 Å². The Kier molecular flexibility index (Phi) is 4.21. The molecule has 7 heavy (non-hydrogen) atoms. The first kappa shape index (κ1) is 7.02. The maximum absolute atomic E-state index is 9.90. The second kappa shape index (κ2) is 4.19. The predicted octanol–water partition coefficient (Wildman–Crippen LogP) is 1.03. The van der Waals surface area contributed by atoms with E-state index in [0.29, 0.717) is 5.82 Å². The summed E-state index contributed by atoms with van der Waals surface area (Å²) in [5, 5.41) is 9.90. The Hall–Kier alpha value is 0.0249. The van der Waals surface area contributed by atoms with Crippen molar-refractivity contribution in [2.75, 3.05) is 6.51 Å². The van der Waals surface area contributed by atoms with Crippen LogP contribution in [0.5, 0.6) is 0 Å². The highest BCUT2D eigenvalue weighted by Gasteiger charge is 1.97. The van der Waals surface area contributed by atoms with Crippen LogP contribution in [0.2, 0.25) is 5.82 Å². The molecule has 0 fully saturated rings. The third kappa shape index (κ3) is 3.87. The molecule has 0 aromatic heterocycles. The standard InChI is InChI=1S/C5H12BO/c1-3-5(2)6-4-7/h5-6H,3-4H2,1-2H3. The lowest BCUT2D eigenvalue weighted by atomic mass is 9.65. The highest BCUT2D eigenvalue weighted by Crippen LogP contribution is 2.03. The average Bonchev–Trinajstić information content (AvgIpc) is 1.68. The van der Waals surface area contributed by atoms with Crippen LogP contribution in [0.4, 0.5) is 0 Å². The molecule has 1 nitrogen and oxygen atoms in total. The Morgan fingerprint density at radius 1 is 1.71 bits per heavy atom. The van der Waals surface area contributed by atoms with Gasteiger partial charge >= 0.3 is 0 Å². The molecule has 0 rings (SSSR count). The van der Waals surface area contributed by atoms with Crippen molar-refractivity contribution in [1.82, 2.24) is 0 Å². The maximum Gasteiger partial charge on any atom is 0.160 e. The fourth-order valence-corrected chi connectivity index (χ4v) is 0.405. The van der Waals surface area contributed by atoms with E-state index in [4.69, 9.17) is 0 Å². The average molecular weight is 99.0 g/mol. The molecule has 2 heteroatoms. The lowest BCUT2D eigenvalue weighted by Gasteiger charge is -1.98. The first-order valence-corrected chi connectivity index (χ1v) is 2.89. The van der Waals surface area contributed by atoms with Crippen molar-refractivity contribution in [2.45, 2.75) is 26.1 Å².